The first-order valence-electron chi connectivity index (χ1n) is 13.7. The molecule has 0 unspecified atom stereocenters. The summed E-state index contributed by atoms with van der Waals surface area (Å²) >= 11 is 0. The molecule has 1 saturated heterocycles. The van der Waals surface area contributed by atoms with Gasteiger partial charge < -0.3 is 29.3 Å². The second-order valence-electron chi connectivity index (χ2n) is 10.1. The van der Waals surface area contributed by atoms with Gasteiger partial charge in [-0.1, -0.05) is 6.92 Å². The molecular formula is C22H19F18N9O3. The first-order valence-corrected chi connectivity index (χ1v) is 13.7. The van der Waals surface area contributed by atoms with Gasteiger partial charge in [-0.05, 0) is 6.42 Å². The van der Waals surface area contributed by atoms with Gasteiger partial charge >= 0.3 is 55.1 Å². The van der Waals surface area contributed by atoms with E-state index in [4.69, 9.17) is 0 Å². The van der Waals surface area contributed by atoms with E-state index in [1.165, 1.54) is 0 Å². The van der Waals surface area contributed by atoms with Crippen molar-refractivity contribution in [1.82, 2.24) is 29.9 Å². The highest BCUT2D eigenvalue weighted by Gasteiger charge is 2.62. The molecule has 2 aromatic rings. The number of nitrogens with one attached hydrogen (secondary N) is 1. The third-order valence-corrected chi connectivity index (χ3v) is 6.02. The number of hydrogen-bond acceptors (Lipinski definition) is 12. The highest BCUT2D eigenvalue weighted by molar-refractivity contribution is 5.42. The van der Waals surface area contributed by atoms with Crippen LogP contribution >= 0.6 is 0 Å². The number of piperazine rings is 1. The summed E-state index contributed by atoms with van der Waals surface area (Å²) in [5, 5.41) is 2.47. The zero-order chi connectivity index (χ0) is 39.7. The standard InChI is InChI=1S/C22H19F18N9O3/c1-2-3-41-11-42-12(44-14(43-11)50-8(17(23,24)25)18(26,27)28)48-4-6-49(7-5-48)13-45-15(51-9(19(29,30)31)20(32,33)34)47-16(46-13)52-10(21(35,36)37)22(38,39)40/h8-10H,2-7H2,1H3,(H,41,42,43,44). The molecule has 3 rings (SSSR count). The number of hydrogen-bond donors (Lipinski definition) is 1. The Morgan fingerprint density at radius 1 is 0.481 bits per heavy atom. The van der Waals surface area contributed by atoms with Crippen LogP contribution in [-0.4, -0.2) is 118 Å². The lowest BCUT2D eigenvalue weighted by Crippen LogP contribution is -2.49. The Morgan fingerprint density at radius 3 is 1.06 bits per heavy atom. The summed E-state index contributed by atoms with van der Waals surface area (Å²) in [6.07, 6.45) is -50.6. The molecule has 12 nitrogen and oxygen atoms in total. The molecule has 0 spiro atoms. The van der Waals surface area contributed by atoms with Crippen LogP contribution in [0.25, 0.3) is 0 Å². The van der Waals surface area contributed by atoms with E-state index in [2.05, 4.69) is 49.4 Å². The van der Waals surface area contributed by atoms with E-state index in [0.29, 0.717) is 6.42 Å². The van der Waals surface area contributed by atoms with Gasteiger partial charge in [0, 0.05) is 32.7 Å². The minimum absolute atomic E-state index is 0.0277. The fraction of sp³-hybridized carbons (Fsp3) is 0.727. The first-order chi connectivity index (χ1) is 23.5. The molecule has 1 N–H and O–H groups in total. The Balaban J connectivity index is 1.98. The Hall–Kier alpha value is -4.44. The van der Waals surface area contributed by atoms with Crippen molar-refractivity contribution in [3.05, 3.63) is 0 Å². The minimum Gasteiger partial charge on any atom is -0.440 e. The van der Waals surface area contributed by atoms with Gasteiger partial charge in [-0.2, -0.15) is 104 Å². The van der Waals surface area contributed by atoms with Crippen molar-refractivity contribution >= 4 is 17.8 Å². The van der Waals surface area contributed by atoms with Crippen molar-refractivity contribution in [2.75, 3.05) is 47.8 Å². The number of halogens is 18. The Morgan fingerprint density at radius 2 is 0.769 bits per heavy atom. The van der Waals surface area contributed by atoms with E-state index in [0.717, 1.165) is 9.80 Å². The van der Waals surface area contributed by atoms with Crippen LogP contribution in [0.2, 0.25) is 0 Å². The largest absolute Gasteiger partial charge is 0.440 e. The molecule has 30 heteroatoms. The molecule has 1 aliphatic rings. The van der Waals surface area contributed by atoms with E-state index in [-0.39, 0.29) is 6.54 Å². The summed E-state index contributed by atoms with van der Waals surface area (Å²) < 4.78 is 247. The average Bonchev–Trinajstić information content (AvgIpc) is 2.97. The summed E-state index contributed by atoms with van der Waals surface area (Å²) in [7, 11) is 0. The van der Waals surface area contributed by atoms with Crippen LogP contribution in [0, 0.1) is 0 Å². The number of nitrogens with zero attached hydrogens (tertiary/aromatic N) is 8. The third-order valence-electron chi connectivity index (χ3n) is 6.02. The molecule has 1 fully saturated rings. The Bertz CT molecular complexity index is 1400. The molecule has 0 aliphatic carbocycles. The lowest BCUT2D eigenvalue weighted by atomic mass is 10.3. The summed E-state index contributed by atoms with van der Waals surface area (Å²) in [5.74, 6) is -2.42. The topological polar surface area (TPSA) is 124 Å². The van der Waals surface area contributed by atoms with Crippen LogP contribution in [-0.2, 0) is 0 Å². The van der Waals surface area contributed by atoms with Crippen molar-refractivity contribution in [3.63, 3.8) is 0 Å². The molecular weight excluding hydrogens is 780 g/mol. The van der Waals surface area contributed by atoms with E-state index in [1.807, 2.05) is 0 Å². The number of aromatic nitrogens is 6. The normalized spacial score (nSPS) is 15.5. The van der Waals surface area contributed by atoms with Crippen LogP contribution in [0.15, 0.2) is 0 Å². The monoisotopic (exact) mass is 799 g/mol. The lowest BCUT2D eigenvalue weighted by Gasteiger charge is -2.35. The quantitative estimate of drug-likeness (QED) is 0.276. The van der Waals surface area contributed by atoms with Gasteiger partial charge in [0.25, 0.3) is 18.3 Å². The molecule has 52 heavy (non-hydrogen) atoms. The predicted octanol–water partition coefficient (Wildman–Crippen LogP) is 5.82. The smallest absolute Gasteiger partial charge is 0.434 e. The van der Waals surface area contributed by atoms with Gasteiger partial charge in [0.2, 0.25) is 17.8 Å². The van der Waals surface area contributed by atoms with Gasteiger partial charge in [0.15, 0.2) is 0 Å². The van der Waals surface area contributed by atoms with Gasteiger partial charge in [0.1, 0.15) is 0 Å². The summed E-state index contributed by atoms with van der Waals surface area (Å²) in [5.41, 5.74) is 0. The number of ether oxygens (including phenoxy) is 3. The fourth-order valence-corrected chi connectivity index (χ4v) is 3.81. The SMILES string of the molecule is CCCNc1nc(OC(C(F)(F)F)C(F)(F)F)nc(N2CCN(c3nc(OC(C(F)(F)F)C(F)(F)F)nc(OC(C(F)(F)F)C(F)(F)F)n3)CC2)n1. The van der Waals surface area contributed by atoms with E-state index >= 15 is 0 Å². The molecule has 0 atom stereocenters. The Labute approximate surface area is 276 Å². The molecule has 0 amide bonds. The molecule has 296 valence electrons. The summed E-state index contributed by atoms with van der Waals surface area (Å²) in [6, 6.07) is -5.64. The van der Waals surface area contributed by atoms with Gasteiger partial charge in [-0.15, -0.1) is 4.98 Å². The highest BCUT2D eigenvalue weighted by Crippen LogP contribution is 2.39. The van der Waals surface area contributed by atoms with Gasteiger partial charge in [0.05, 0.1) is 0 Å². The zero-order valence-corrected chi connectivity index (χ0v) is 25.1. The molecule has 2 aromatic heterocycles. The molecule has 1 aliphatic heterocycles. The third kappa shape index (κ3) is 11.3. The highest BCUT2D eigenvalue weighted by atomic mass is 19.4. The second kappa shape index (κ2) is 14.9. The van der Waals surface area contributed by atoms with E-state index in [9.17, 15) is 79.0 Å². The van der Waals surface area contributed by atoms with Gasteiger partial charge in [-0.3, -0.25) is 0 Å². The first kappa shape index (κ1) is 42.0. The molecule has 0 radical (unpaired) electrons. The average molecular weight is 799 g/mol. The van der Waals surface area contributed by atoms with Crippen molar-refractivity contribution < 1.29 is 93.2 Å². The van der Waals surface area contributed by atoms with Crippen LogP contribution in [0.5, 0.6) is 18.0 Å². The van der Waals surface area contributed by atoms with Crippen LogP contribution in [0.1, 0.15) is 13.3 Å². The maximum absolute atomic E-state index is 13.1. The number of alkyl halides is 18. The van der Waals surface area contributed by atoms with Crippen molar-refractivity contribution in [2.24, 2.45) is 0 Å². The maximum Gasteiger partial charge on any atom is 0.434 e. The van der Waals surface area contributed by atoms with Crippen LogP contribution in [0.4, 0.5) is 96.9 Å². The number of anilines is 3. The van der Waals surface area contributed by atoms with E-state index < -0.39 is 117 Å². The van der Waals surface area contributed by atoms with Crippen molar-refractivity contribution in [3.8, 4) is 18.0 Å². The number of rotatable bonds is 11. The van der Waals surface area contributed by atoms with Crippen LogP contribution in [0.3, 0.4) is 0 Å². The van der Waals surface area contributed by atoms with Crippen molar-refractivity contribution in [2.45, 2.75) is 68.7 Å². The van der Waals surface area contributed by atoms with Crippen LogP contribution < -0.4 is 29.3 Å². The minimum atomic E-state index is -6.27. The van der Waals surface area contributed by atoms with Crippen molar-refractivity contribution in [1.29, 1.82) is 0 Å². The second-order valence-corrected chi connectivity index (χ2v) is 10.1. The summed E-state index contributed by atoms with van der Waals surface area (Å²) in [6.45, 7) is -0.627. The molecule has 0 bridgehead atoms. The zero-order valence-electron chi connectivity index (χ0n) is 25.1. The lowest BCUT2D eigenvalue weighted by molar-refractivity contribution is -0.303. The molecule has 0 saturated carbocycles. The maximum atomic E-state index is 13.1. The predicted molar refractivity (Wildman–Crippen MR) is 132 cm³/mol. The van der Waals surface area contributed by atoms with Gasteiger partial charge in [-0.25, -0.2) is 0 Å². The summed E-state index contributed by atoms with van der Waals surface area (Å²) in [4.78, 5) is 21.3. The molecule has 0 aromatic carbocycles. The Kier molecular flexibility index (Phi) is 12.0. The fourth-order valence-electron chi connectivity index (χ4n) is 3.81. The van der Waals surface area contributed by atoms with E-state index in [1.54, 1.807) is 6.92 Å². The molecule has 3 heterocycles.